The van der Waals surface area contributed by atoms with Gasteiger partial charge in [-0.05, 0) is 43.7 Å². The highest BCUT2D eigenvalue weighted by Crippen LogP contribution is 2.64. The van der Waals surface area contributed by atoms with Gasteiger partial charge in [-0.25, -0.2) is 0 Å². The van der Waals surface area contributed by atoms with Gasteiger partial charge in [0.1, 0.15) is 5.75 Å². The fraction of sp³-hybridized carbons (Fsp3) is 0.300. The maximum atomic E-state index is 13.7. The number of anilines is 1. The Hall–Kier alpha value is -2.27. The van der Waals surface area contributed by atoms with E-state index in [1.54, 1.807) is 7.11 Å². The predicted octanol–water partition coefficient (Wildman–Crippen LogP) is 5.31. The number of aromatic nitrogens is 1. The lowest BCUT2D eigenvalue weighted by molar-refractivity contribution is 0.0888. The molecule has 7 heteroatoms. The molecule has 0 unspecified atom stereocenters. The molecule has 2 heterocycles. The lowest BCUT2D eigenvalue weighted by Crippen LogP contribution is -2.23. The first kappa shape index (κ1) is 18.1. The molecule has 0 saturated carbocycles. The predicted molar refractivity (Wildman–Crippen MR) is 106 cm³/mol. The molecule has 0 amide bonds. The number of hydrogen-bond donors (Lipinski definition) is 2. The Morgan fingerprint density at radius 2 is 2.00 bits per heavy atom. The average Bonchev–Trinajstić information content (AvgIpc) is 3.10. The molecule has 0 radical (unpaired) electrons. The van der Waals surface area contributed by atoms with Gasteiger partial charge in [0.2, 0.25) is 0 Å². The van der Waals surface area contributed by atoms with E-state index in [-0.39, 0.29) is 6.10 Å². The zero-order valence-electron chi connectivity index (χ0n) is 15.3. The summed E-state index contributed by atoms with van der Waals surface area (Å²) in [4.78, 5) is 3.25. The summed E-state index contributed by atoms with van der Waals surface area (Å²) in [5, 5.41) is 4.36. The van der Waals surface area contributed by atoms with E-state index in [9.17, 15) is 4.57 Å². The highest BCUT2D eigenvalue weighted by atomic mass is 31.2. The van der Waals surface area contributed by atoms with Gasteiger partial charge in [0.25, 0.3) is 0 Å². The second-order valence-electron chi connectivity index (χ2n) is 6.64. The van der Waals surface area contributed by atoms with Crippen molar-refractivity contribution < 1.29 is 18.3 Å². The fourth-order valence-electron chi connectivity index (χ4n) is 3.31. The monoisotopic (exact) mass is 386 g/mol. The number of aromatic amines is 1. The molecule has 1 aliphatic heterocycles. The van der Waals surface area contributed by atoms with Crippen molar-refractivity contribution in [2.24, 2.45) is 0 Å². The van der Waals surface area contributed by atoms with Crippen LogP contribution >= 0.6 is 7.60 Å². The number of ether oxygens (including phenoxy) is 1. The van der Waals surface area contributed by atoms with Crippen LogP contribution in [0.1, 0.15) is 24.7 Å². The van der Waals surface area contributed by atoms with Crippen molar-refractivity contribution >= 4 is 24.2 Å². The SMILES string of the molecule is COc1ccc(N[C@H](c2c[nH]c3ccccc23)[P@@]2(=O)OCC[C@H](C)O2)cc1. The van der Waals surface area contributed by atoms with Gasteiger partial charge in [-0.3, -0.25) is 4.57 Å². The van der Waals surface area contributed by atoms with Crippen molar-refractivity contribution in [1.82, 2.24) is 4.98 Å². The van der Waals surface area contributed by atoms with Crippen LogP contribution in [0.15, 0.2) is 54.7 Å². The van der Waals surface area contributed by atoms with Gasteiger partial charge in [0, 0.05) is 28.4 Å². The largest absolute Gasteiger partial charge is 0.497 e. The van der Waals surface area contributed by atoms with Crippen LogP contribution in [0, 0.1) is 0 Å². The lowest BCUT2D eigenvalue weighted by Gasteiger charge is -2.33. The smallest absolute Gasteiger partial charge is 0.357 e. The highest BCUT2D eigenvalue weighted by molar-refractivity contribution is 7.54. The van der Waals surface area contributed by atoms with E-state index in [4.69, 9.17) is 13.8 Å². The molecular weight excluding hydrogens is 363 g/mol. The molecule has 0 spiro atoms. The number of hydrogen-bond acceptors (Lipinski definition) is 5. The third-order valence-corrected chi connectivity index (χ3v) is 6.98. The minimum atomic E-state index is -3.42. The van der Waals surface area contributed by atoms with Crippen LogP contribution in [-0.4, -0.2) is 24.8 Å². The molecule has 0 bridgehead atoms. The molecule has 1 saturated heterocycles. The number of H-pyrrole nitrogens is 1. The van der Waals surface area contributed by atoms with Gasteiger partial charge in [-0.2, -0.15) is 0 Å². The van der Waals surface area contributed by atoms with Crippen molar-refractivity contribution in [3.63, 3.8) is 0 Å². The maximum absolute atomic E-state index is 13.7. The summed E-state index contributed by atoms with van der Waals surface area (Å²) < 4.78 is 30.5. The molecule has 1 fully saturated rings. The first-order chi connectivity index (χ1) is 13.1. The van der Waals surface area contributed by atoms with Gasteiger partial charge in [-0.1, -0.05) is 18.2 Å². The molecule has 27 heavy (non-hydrogen) atoms. The minimum absolute atomic E-state index is 0.116. The standard InChI is InChI=1S/C20H23N2O4P/c1-14-11-12-25-27(23,26-14)20(22-15-7-9-16(24-2)10-8-15)18-13-21-19-6-4-3-5-17(18)19/h3-10,13-14,20-22H,11-12H2,1-2H3/t14-,20-,27+/m0/s1. The molecular formula is C20H23N2O4P. The Labute approximate surface area is 158 Å². The Balaban J connectivity index is 1.76. The molecule has 3 aromatic rings. The second-order valence-corrected chi connectivity index (χ2v) is 8.71. The third-order valence-electron chi connectivity index (χ3n) is 4.75. The van der Waals surface area contributed by atoms with Crippen LogP contribution in [0.4, 0.5) is 5.69 Å². The summed E-state index contributed by atoms with van der Waals surface area (Å²) in [5.74, 6) is 0.138. The molecule has 2 N–H and O–H groups in total. The van der Waals surface area contributed by atoms with Crippen molar-refractivity contribution in [1.29, 1.82) is 0 Å². The molecule has 1 aliphatic rings. The highest BCUT2D eigenvalue weighted by Gasteiger charge is 2.42. The first-order valence-electron chi connectivity index (χ1n) is 8.98. The van der Waals surface area contributed by atoms with E-state index in [2.05, 4.69) is 10.3 Å². The molecule has 142 valence electrons. The topological polar surface area (TPSA) is 72.6 Å². The Bertz CT molecular complexity index is 970. The van der Waals surface area contributed by atoms with Crippen LogP contribution in [0.3, 0.4) is 0 Å². The van der Waals surface area contributed by atoms with E-state index in [1.165, 1.54) is 0 Å². The summed E-state index contributed by atoms with van der Waals surface area (Å²) in [5.41, 5.74) is 2.65. The number of nitrogens with one attached hydrogen (secondary N) is 2. The van der Waals surface area contributed by atoms with Gasteiger partial charge >= 0.3 is 7.60 Å². The van der Waals surface area contributed by atoms with Gasteiger partial charge in [0.15, 0.2) is 5.78 Å². The van der Waals surface area contributed by atoms with Crippen molar-refractivity contribution in [2.75, 3.05) is 19.0 Å². The van der Waals surface area contributed by atoms with Gasteiger partial charge in [0.05, 0.1) is 19.8 Å². The molecule has 0 aliphatic carbocycles. The summed E-state index contributed by atoms with van der Waals surface area (Å²) >= 11 is 0. The van der Waals surface area contributed by atoms with E-state index in [1.807, 2.05) is 61.7 Å². The zero-order valence-corrected chi connectivity index (χ0v) is 16.2. The third kappa shape index (κ3) is 3.61. The van der Waals surface area contributed by atoms with Crippen LogP contribution in [0.25, 0.3) is 10.9 Å². The number of rotatable bonds is 5. The molecule has 2 aromatic carbocycles. The fourth-order valence-corrected chi connectivity index (χ4v) is 5.47. The maximum Gasteiger partial charge on any atom is 0.357 e. The number of para-hydroxylation sites is 1. The molecule has 1 aromatic heterocycles. The Kier molecular flexibility index (Phi) is 4.96. The number of fused-ring (bicyclic) bond motifs is 1. The summed E-state index contributed by atoms with van der Waals surface area (Å²) in [6, 6.07) is 15.4. The van der Waals surface area contributed by atoms with E-state index >= 15 is 0 Å². The first-order valence-corrected chi connectivity index (χ1v) is 10.6. The van der Waals surface area contributed by atoms with Crippen LogP contribution in [0.2, 0.25) is 0 Å². The van der Waals surface area contributed by atoms with Crippen molar-refractivity contribution in [2.45, 2.75) is 25.2 Å². The molecule has 3 atom stereocenters. The van der Waals surface area contributed by atoms with Crippen LogP contribution in [0.5, 0.6) is 5.75 Å². The number of benzene rings is 2. The van der Waals surface area contributed by atoms with Crippen LogP contribution < -0.4 is 10.1 Å². The lowest BCUT2D eigenvalue weighted by atomic mass is 10.1. The van der Waals surface area contributed by atoms with E-state index in [0.29, 0.717) is 6.61 Å². The Morgan fingerprint density at radius 1 is 1.22 bits per heavy atom. The summed E-state index contributed by atoms with van der Waals surface area (Å²) in [6.07, 6.45) is 2.49. The van der Waals surface area contributed by atoms with Crippen LogP contribution in [-0.2, 0) is 13.6 Å². The quantitative estimate of drug-likeness (QED) is 0.582. The Morgan fingerprint density at radius 3 is 2.74 bits per heavy atom. The summed E-state index contributed by atoms with van der Waals surface area (Å²) in [6.45, 7) is 2.34. The van der Waals surface area contributed by atoms with Crippen molar-refractivity contribution in [3.8, 4) is 5.75 Å². The van der Waals surface area contributed by atoms with E-state index < -0.39 is 13.4 Å². The molecule has 6 nitrogen and oxygen atoms in total. The number of methoxy groups -OCH3 is 1. The molecule has 4 rings (SSSR count). The van der Waals surface area contributed by atoms with Crippen molar-refractivity contribution in [3.05, 3.63) is 60.3 Å². The van der Waals surface area contributed by atoms with Gasteiger partial charge in [-0.15, -0.1) is 0 Å². The van der Waals surface area contributed by atoms with E-state index in [0.717, 1.165) is 34.3 Å². The minimum Gasteiger partial charge on any atom is -0.497 e. The second kappa shape index (κ2) is 7.39. The normalized spacial score (nSPS) is 23.9. The zero-order chi connectivity index (χ0) is 18.9. The van der Waals surface area contributed by atoms with Gasteiger partial charge < -0.3 is 24.1 Å². The summed E-state index contributed by atoms with van der Waals surface area (Å²) in [7, 11) is -1.79. The average molecular weight is 386 g/mol.